The lowest BCUT2D eigenvalue weighted by Crippen LogP contribution is -2.18. The molecular formula is C18H24N2. The van der Waals surface area contributed by atoms with Gasteiger partial charge in [0.25, 0.3) is 0 Å². The Kier molecular flexibility index (Phi) is 4.80. The molecule has 106 valence electrons. The second kappa shape index (κ2) is 6.58. The van der Waals surface area contributed by atoms with Crippen LogP contribution in [0.1, 0.15) is 29.7 Å². The maximum absolute atomic E-state index is 3.59. The Morgan fingerprint density at radius 2 is 1.65 bits per heavy atom. The maximum Gasteiger partial charge on any atom is 0.0361 e. The van der Waals surface area contributed by atoms with Crippen LogP contribution in [0.5, 0.6) is 0 Å². The average Bonchev–Trinajstić information content (AvgIpc) is 2.46. The van der Waals surface area contributed by atoms with Crippen molar-refractivity contribution in [2.24, 2.45) is 0 Å². The fourth-order valence-corrected chi connectivity index (χ4v) is 2.25. The zero-order valence-corrected chi connectivity index (χ0v) is 12.9. The van der Waals surface area contributed by atoms with Crippen LogP contribution in [0, 0.1) is 6.92 Å². The fourth-order valence-electron chi connectivity index (χ4n) is 2.25. The number of nitrogens with one attached hydrogen (secondary N) is 1. The van der Waals surface area contributed by atoms with Gasteiger partial charge in [-0.2, -0.15) is 0 Å². The molecule has 20 heavy (non-hydrogen) atoms. The Balaban J connectivity index is 1.98. The van der Waals surface area contributed by atoms with Gasteiger partial charge in [0.2, 0.25) is 0 Å². The minimum absolute atomic E-state index is 0.353. The third kappa shape index (κ3) is 3.61. The number of rotatable bonds is 5. The van der Waals surface area contributed by atoms with Crippen molar-refractivity contribution < 1.29 is 0 Å². The van der Waals surface area contributed by atoms with E-state index in [9.17, 15) is 0 Å². The zero-order valence-electron chi connectivity index (χ0n) is 12.9. The first-order valence-electron chi connectivity index (χ1n) is 7.13. The lowest BCUT2D eigenvalue weighted by atomic mass is 10.1. The zero-order chi connectivity index (χ0) is 14.5. The van der Waals surface area contributed by atoms with Crippen LogP contribution in [0.3, 0.4) is 0 Å². The van der Waals surface area contributed by atoms with Crippen molar-refractivity contribution in [3.8, 4) is 0 Å². The second-order valence-electron chi connectivity index (χ2n) is 5.52. The van der Waals surface area contributed by atoms with Gasteiger partial charge in [-0.25, -0.2) is 0 Å². The lowest BCUT2D eigenvalue weighted by Gasteiger charge is -2.17. The van der Waals surface area contributed by atoms with Crippen LogP contribution < -0.4 is 10.2 Å². The van der Waals surface area contributed by atoms with Gasteiger partial charge in [-0.3, -0.25) is 0 Å². The number of benzene rings is 2. The number of hydrogen-bond donors (Lipinski definition) is 1. The molecule has 0 heterocycles. The summed E-state index contributed by atoms with van der Waals surface area (Å²) in [6.45, 7) is 5.28. The Hall–Kier alpha value is -1.80. The van der Waals surface area contributed by atoms with Crippen LogP contribution in [-0.2, 0) is 6.54 Å². The van der Waals surface area contributed by atoms with Crippen LogP contribution in [0.2, 0.25) is 0 Å². The van der Waals surface area contributed by atoms with Crippen LogP contribution in [0.15, 0.2) is 48.5 Å². The summed E-state index contributed by atoms with van der Waals surface area (Å²) in [6.07, 6.45) is 0. The van der Waals surface area contributed by atoms with Gasteiger partial charge in [-0.1, -0.05) is 36.4 Å². The van der Waals surface area contributed by atoms with Gasteiger partial charge >= 0.3 is 0 Å². The van der Waals surface area contributed by atoms with E-state index in [2.05, 4.69) is 86.7 Å². The molecule has 0 fully saturated rings. The van der Waals surface area contributed by atoms with Gasteiger partial charge in [0.1, 0.15) is 0 Å². The third-order valence-electron chi connectivity index (χ3n) is 3.77. The van der Waals surface area contributed by atoms with E-state index in [-0.39, 0.29) is 0 Å². The van der Waals surface area contributed by atoms with E-state index in [0.717, 1.165) is 6.54 Å². The average molecular weight is 268 g/mol. The van der Waals surface area contributed by atoms with Crippen LogP contribution >= 0.6 is 0 Å². The molecule has 0 spiro atoms. The first-order valence-corrected chi connectivity index (χ1v) is 7.13. The Labute approximate surface area is 122 Å². The van der Waals surface area contributed by atoms with Crippen molar-refractivity contribution in [2.75, 3.05) is 19.0 Å². The maximum atomic E-state index is 3.59. The van der Waals surface area contributed by atoms with Crippen LogP contribution in [0.25, 0.3) is 0 Å². The second-order valence-corrected chi connectivity index (χ2v) is 5.52. The molecule has 0 amide bonds. The predicted octanol–water partition coefficient (Wildman–Crippen LogP) is 3.91. The molecular weight excluding hydrogens is 244 g/mol. The molecule has 2 nitrogen and oxygen atoms in total. The smallest absolute Gasteiger partial charge is 0.0361 e. The quantitative estimate of drug-likeness (QED) is 0.884. The predicted molar refractivity (Wildman–Crippen MR) is 87.2 cm³/mol. The number of anilines is 1. The van der Waals surface area contributed by atoms with Crippen molar-refractivity contribution >= 4 is 5.69 Å². The Morgan fingerprint density at radius 3 is 2.25 bits per heavy atom. The van der Waals surface area contributed by atoms with E-state index in [1.807, 2.05) is 0 Å². The Morgan fingerprint density at radius 1 is 1.00 bits per heavy atom. The van der Waals surface area contributed by atoms with E-state index < -0.39 is 0 Å². The minimum Gasteiger partial charge on any atom is -0.378 e. The molecule has 0 aliphatic carbocycles. The highest BCUT2D eigenvalue weighted by Crippen LogP contribution is 2.18. The molecule has 0 saturated carbocycles. The van der Waals surface area contributed by atoms with Gasteiger partial charge in [0.05, 0.1) is 0 Å². The summed E-state index contributed by atoms with van der Waals surface area (Å²) < 4.78 is 0. The van der Waals surface area contributed by atoms with Crippen molar-refractivity contribution in [2.45, 2.75) is 26.4 Å². The molecule has 0 aliphatic rings. The summed E-state index contributed by atoms with van der Waals surface area (Å²) in [7, 11) is 4.13. The van der Waals surface area contributed by atoms with Crippen molar-refractivity contribution in [3.63, 3.8) is 0 Å². The molecule has 0 radical (unpaired) electrons. The molecule has 0 bridgehead atoms. The molecule has 1 atom stereocenters. The Bertz CT molecular complexity index is 544. The van der Waals surface area contributed by atoms with Gasteiger partial charge < -0.3 is 10.2 Å². The largest absolute Gasteiger partial charge is 0.378 e. The monoisotopic (exact) mass is 268 g/mol. The highest BCUT2D eigenvalue weighted by molar-refractivity contribution is 5.46. The summed E-state index contributed by atoms with van der Waals surface area (Å²) in [5, 5.41) is 3.59. The highest BCUT2D eigenvalue weighted by Gasteiger charge is 2.06. The summed E-state index contributed by atoms with van der Waals surface area (Å²) in [6, 6.07) is 17.6. The first-order chi connectivity index (χ1) is 9.58. The number of aryl methyl sites for hydroxylation is 1. The fraction of sp³-hybridized carbons (Fsp3) is 0.333. The van der Waals surface area contributed by atoms with Gasteiger partial charge in [-0.05, 0) is 42.7 Å². The highest BCUT2D eigenvalue weighted by atomic mass is 15.1. The van der Waals surface area contributed by atoms with E-state index in [4.69, 9.17) is 0 Å². The minimum atomic E-state index is 0.353. The molecule has 0 aliphatic heterocycles. The van der Waals surface area contributed by atoms with Crippen LogP contribution in [0.4, 0.5) is 5.69 Å². The molecule has 2 aromatic carbocycles. The topological polar surface area (TPSA) is 15.3 Å². The summed E-state index contributed by atoms with van der Waals surface area (Å²) in [4.78, 5) is 2.12. The standard InChI is InChI=1S/C18H24N2/c1-14-7-5-6-8-17(14)13-19-15(2)16-9-11-18(12-10-16)20(3)4/h5-12,15,19H,13H2,1-4H3. The van der Waals surface area contributed by atoms with E-state index in [1.54, 1.807) is 0 Å². The number of nitrogens with zero attached hydrogens (tertiary/aromatic N) is 1. The first kappa shape index (κ1) is 14.6. The SMILES string of the molecule is Cc1ccccc1CNC(C)c1ccc(N(C)C)cc1. The van der Waals surface area contributed by atoms with E-state index in [1.165, 1.54) is 22.4 Å². The molecule has 1 unspecified atom stereocenters. The van der Waals surface area contributed by atoms with Crippen molar-refractivity contribution in [3.05, 3.63) is 65.2 Å². The summed E-state index contributed by atoms with van der Waals surface area (Å²) in [5.74, 6) is 0. The molecule has 2 aromatic rings. The number of hydrogen-bond acceptors (Lipinski definition) is 2. The summed E-state index contributed by atoms with van der Waals surface area (Å²) in [5.41, 5.74) is 5.27. The van der Waals surface area contributed by atoms with Crippen LogP contribution in [-0.4, -0.2) is 14.1 Å². The lowest BCUT2D eigenvalue weighted by molar-refractivity contribution is 0.573. The molecule has 1 N–H and O–H groups in total. The van der Waals surface area contributed by atoms with Gasteiger partial charge in [0.15, 0.2) is 0 Å². The van der Waals surface area contributed by atoms with Gasteiger partial charge in [0, 0.05) is 32.4 Å². The van der Waals surface area contributed by atoms with E-state index >= 15 is 0 Å². The summed E-state index contributed by atoms with van der Waals surface area (Å²) >= 11 is 0. The van der Waals surface area contributed by atoms with Crippen molar-refractivity contribution in [1.82, 2.24) is 5.32 Å². The molecule has 2 heteroatoms. The van der Waals surface area contributed by atoms with Crippen molar-refractivity contribution in [1.29, 1.82) is 0 Å². The molecule has 0 aromatic heterocycles. The molecule has 0 saturated heterocycles. The van der Waals surface area contributed by atoms with Gasteiger partial charge in [-0.15, -0.1) is 0 Å². The van der Waals surface area contributed by atoms with E-state index in [0.29, 0.717) is 6.04 Å². The third-order valence-corrected chi connectivity index (χ3v) is 3.77. The molecule has 2 rings (SSSR count). The normalized spacial score (nSPS) is 12.2.